The third-order valence-corrected chi connectivity index (χ3v) is 6.58. The first-order valence-corrected chi connectivity index (χ1v) is 11.3. The SMILES string of the molecule is CCN(c1cccc(C2CCCC2)c1)c1ncc(C(F)(F)F)c(Sc2ccccc2)n1. The minimum absolute atomic E-state index is 0.0888. The maximum Gasteiger partial charge on any atom is 0.420 e. The Morgan fingerprint density at radius 1 is 1.03 bits per heavy atom. The molecule has 2 aromatic carbocycles. The van der Waals surface area contributed by atoms with Crippen LogP contribution in [0.15, 0.2) is 70.7 Å². The topological polar surface area (TPSA) is 29.0 Å². The number of hydrogen-bond donors (Lipinski definition) is 0. The Balaban J connectivity index is 1.70. The van der Waals surface area contributed by atoms with Gasteiger partial charge in [-0.05, 0) is 55.5 Å². The van der Waals surface area contributed by atoms with E-state index in [-0.39, 0.29) is 11.0 Å². The van der Waals surface area contributed by atoms with Crippen molar-refractivity contribution in [3.63, 3.8) is 0 Å². The first kappa shape index (κ1) is 21.7. The molecule has 1 aliphatic rings. The molecule has 0 bridgehead atoms. The van der Waals surface area contributed by atoms with Crippen LogP contribution in [-0.4, -0.2) is 16.5 Å². The van der Waals surface area contributed by atoms with Crippen molar-refractivity contribution in [2.45, 2.75) is 54.6 Å². The van der Waals surface area contributed by atoms with E-state index in [1.165, 1.54) is 31.2 Å². The second kappa shape index (κ2) is 9.30. The monoisotopic (exact) mass is 443 g/mol. The van der Waals surface area contributed by atoms with Crippen molar-refractivity contribution in [3.05, 3.63) is 71.9 Å². The van der Waals surface area contributed by atoms with Gasteiger partial charge in [-0.25, -0.2) is 9.97 Å². The smallest absolute Gasteiger partial charge is 0.311 e. The van der Waals surface area contributed by atoms with E-state index in [0.717, 1.165) is 23.6 Å². The second-order valence-electron chi connectivity index (χ2n) is 7.62. The summed E-state index contributed by atoms with van der Waals surface area (Å²) >= 11 is 1.00. The highest BCUT2D eigenvalue weighted by atomic mass is 32.2. The molecule has 0 atom stereocenters. The van der Waals surface area contributed by atoms with Gasteiger partial charge >= 0.3 is 6.18 Å². The van der Waals surface area contributed by atoms with Gasteiger partial charge in [0.25, 0.3) is 0 Å². The van der Waals surface area contributed by atoms with E-state index in [0.29, 0.717) is 17.4 Å². The van der Waals surface area contributed by atoms with Gasteiger partial charge in [-0.1, -0.05) is 54.9 Å². The zero-order valence-electron chi connectivity index (χ0n) is 17.3. The Labute approximate surface area is 184 Å². The average molecular weight is 444 g/mol. The summed E-state index contributed by atoms with van der Waals surface area (Å²) in [6.07, 6.45) is 1.24. The molecule has 0 N–H and O–H groups in total. The molecule has 162 valence electrons. The Morgan fingerprint density at radius 3 is 2.45 bits per heavy atom. The van der Waals surface area contributed by atoms with Gasteiger partial charge in [0.05, 0.1) is 0 Å². The highest BCUT2D eigenvalue weighted by Gasteiger charge is 2.36. The fraction of sp³-hybridized carbons (Fsp3) is 0.333. The Morgan fingerprint density at radius 2 is 1.77 bits per heavy atom. The average Bonchev–Trinajstić information content (AvgIpc) is 3.30. The van der Waals surface area contributed by atoms with Crippen molar-refractivity contribution in [3.8, 4) is 0 Å². The Kier molecular flexibility index (Phi) is 6.51. The number of alkyl halides is 3. The first-order valence-electron chi connectivity index (χ1n) is 10.5. The quantitative estimate of drug-likeness (QED) is 0.370. The molecule has 4 rings (SSSR count). The highest BCUT2D eigenvalue weighted by Crippen LogP contribution is 2.40. The molecule has 1 aliphatic carbocycles. The molecule has 1 aromatic heterocycles. The van der Waals surface area contributed by atoms with Crippen LogP contribution in [0.25, 0.3) is 0 Å². The molecule has 3 nitrogen and oxygen atoms in total. The number of aromatic nitrogens is 2. The van der Waals surface area contributed by atoms with Crippen molar-refractivity contribution < 1.29 is 13.2 Å². The molecule has 1 fully saturated rings. The van der Waals surface area contributed by atoms with E-state index in [1.54, 1.807) is 24.3 Å². The molecule has 0 aliphatic heterocycles. The summed E-state index contributed by atoms with van der Waals surface area (Å²) < 4.78 is 40.8. The van der Waals surface area contributed by atoms with Crippen LogP contribution in [0.4, 0.5) is 24.8 Å². The Hall–Kier alpha value is -2.54. The molecule has 0 saturated heterocycles. The summed E-state index contributed by atoms with van der Waals surface area (Å²) in [7, 11) is 0. The van der Waals surface area contributed by atoms with Gasteiger partial charge in [-0.2, -0.15) is 13.2 Å². The lowest BCUT2D eigenvalue weighted by atomic mass is 9.97. The molecule has 1 heterocycles. The second-order valence-corrected chi connectivity index (χ2v) is 8.68. The zero-order valence-corrected chi connectivity index (χ0v) is 18.1. The van der Waals surface area contributed by atoms with Crippen molar-refractivity contribution in [1.29, 1.82) is 0 Å². The number of halogens is 3. The van der Waals surface area contributed by atoms with Crippen LogP contribution < -0.4 is 4.90 Å². The summed E-state index contributed by atoms with van der Waals surface area (Å²) in [6, 6.07) is 17.2. The third-order valence-electron chi connectivity index (χ3n) is 5.57. The zero-order chi connectivity index (χ0) is 21.8. The lowest BCUT2D eigenvalue weighted by Gasteiger charge is -2.23. The van der Waals surface area contributed by atoms with Gasteiger partial charge in [-0.15, -0.1) is 0 Å². The van der Waals surface area contributed by atoms with Gasteiger partial charge < -0.3 is 4.90 Å². The molecule has 0 amide bonds. The lowest BCUT2D eigenvalue weighted by molar-refractivity contribution is -0.140. The van der Waals surface area contributed by atoms with Crippen LogP contribution in [0.2, 0.25) is 0 Å². The maximum absolute atomic E-state index is 13.6. The van der Waals surface area contributed by atoms with E-state index in [9.17, 15) is 13.2 Å². The van der Waals surface area contributed by atoms with Crippen LogP contribution >= 0.6 is 11.8 Å². The molecular formula is C24H24F3N3S. The van der Waals surface area contributed by atoms with Crippen LogP contribution in [0.3, 0.4) is 0 Å². The van der Waals surface area contributed by atoms with Crippen molar-refractivity contribution in [1.82, 2.24) is 9.97 Å². The predicted octanol–water partition coefficient (Wildman–Crippen LogP) is 7.46. The minimum Gasteiger partial charge on any atom is -0.311 e. The normalized spacial score (nSPS) is 14.7. The number of hydrogen-bond acceptors (Lipinski definition) is 4. The van der Waals surface area contributed by atoms with Gasteiger partial charge in [-0.3, -0.25) is 0 Å². The molecular weight excluding hydrogens is 419 g/mol. The number of nitrogens with zero attached hydrogens (tertiary/aromatic N) is 3. The molecule has 0 radical (unpaired) electrons. The number of rotatable bonds is 6. The molecule has 31 heavy (non-hydrogen) atoms. The van der Waals surface area contributed by atoms with Crippen molar-refractivity contribution in [2.75, 3.05) is 11.4 Å². The van der Waals surface area contributed by atoms with E-state index in [4.69, 9.17) is 0 Å². The molecule has 1 saturated carbocycles. The van der Waals surface area contributed by atoms with Crippen molar-refractivity contribution >= 4 is 23.4 Å². The van der Waals surface area contributed by atoms with Crippen molar-refractivity contribution in [2.24, 2.45) is 0 Å². The van der Waals surface area contributed by atoms with Crippen LogP contribution in [0.5, 0.6) is 0 Å². The molecule has 0 unspecified atom stereocenters. The fourth-order valence-corrected chi connectivity index (χ4v) is 4.93. The van der Waals surface area contributed by atoms with Gasteiger partial charge in [0.15, 0.2) is 0 Å². The number of benzene rings is 2. The summed E-state index contributed by atoms with van der Waals surface area (Å²) in [6.45, 7) is 2.50. The molecule has 7 heteroatoms. The predicted molar refractivity (Wildman–Crippen MR) is 118 cm³/mol. The van der Waals surface area contributed by atoms with Gasteiger partial charge in [0, 0.05) is 23.3 Å². The largest absolute Gasteiger partial charge is 0.420 e. The van der Waals surface area contributed by atoms with E-state index >= 15 is 0 Å². The highest BCUT2D eigenvalue weighted by molar-refractivity contribution is 7.99. The third kappa shape index (κ3) is 5.03. The van der Waals surface area contributed by atoms with E-state index in [2.05, 4.69) is 22.1 Å². The summed E-state index contributed by atoms with van der Waals surface area (Å²) in [5, 5.41) is -0.0888. The van der Waals surface area contributed by atoms with Gasteiger partial charge in [0.1, 0.15) is 10.6 Å². The van der Waals surface area contributed by atoms with E-state index in [1.807, 2.05) is 30.0 Å². The summed E-state index contributed by atoms with van der Waals surface area (Å²) in [4.78, 5) is 11.0. The summed E-state index contributed by atoms with van der Waals surface area (Å²) in [5.74, 6) is 0.828. The molecule has 3 aromatic rings. The summed E-state index contributed by atoms with van der Waals surface area (Å²) in [5.41, 5.74) is 1.36. The van der Waals surface area contributed by atoms with E-state index < -0.39 is 11.7 Å². The van der Waals surface area contributed by atoms with Crippen LogP contribution in [0, 0.1) is 0 Å². The fourth-order valence-electron chi connectivity index (χ4n) is 4.01. The number of anilines is 2. The van der Waals surface area contributed by atoms with Crippen LogP contribution in [-0.2, 0) is 6.18 Å². The standard InChI is InChI=1S/C24H24F3N3S/c1-2-30(19-12-8-11-18(15-19)17-9-6-7-10-17)23-28-16-21(24(25,26)27)22(29-23)31-20-13-4-3-5-14-20/h3-5,8,11-17H,2,6-7,9-10H2,1H3. The Bertz CT molecular complexity index is 1020. The molecule has 0 spiro atoms. The minimum atomic E-state index is -4.52. The van der Waals surface area contributed by atoms with Crippen LogP contribution in [0.1, 0.15) is 49.7 Å². The van der Waals surface area contributed by atoms with Gasteiger partial charge in [0.2, 0.25) is 5.95 Å². The first-order chi connectivity index (χ1) is 15.0. The lowest BCUT2D eigenvalue weighted by Crippen LogP contribution is -2.20. The maximum atomic E-state index is 13.6.